The Hall–Kier alpha value is 0.280. The molecule has 0 fully saturated rings. The van der Waals surface area contributed by atoms with E-state index in [1.54, 1.807) is 6.08 Å². The number of hydrogen-bond acceptors (Lipinski definition) is 3. The molecule has 0 aromatic heterocycles. The summed E-state index contributed by atoms with van der Waals surface area (Å²) in [6, 6.07) is 0. The molecule has 0 heterocycles. The molecule has 0 aromatic carbocycles. The average Bonchev–Trinajstić information content (AvgIpc) is 2.19. The maximum atomic E-state index is 12.2. The Morgan fingerprint density at radius 1 is 1.33 bits per heavy atom. The molecule has 0 saturated carbocycles. The normalized spacial score (nSPS) is 14.8. The Bertz CT molecular complexity index is 193. The van der Waals surface area contributed by atoms with Crippen LogP contribution in [-0.4, -0.2) is 18.5 Å². The van der Waals surface area contributed by atoms with Crippen molar-refractivity contribution < 1.29 is 9.09 Å². The van der Waals surface area contributed by atoms with Crippen LogP contribution in [0.4, 0.5) is 0 Å². The van der Waals surface area contributed by atoms with Crippen molar-refractivity contribution in [3.05, 3.63) is 12.7 Å². The predicted molar refractivity (Wildman–Crippen MR) is 70.9 cm³/mol. The second-order valence-corrected chi connectivity index (χ2v) is 8.41. The van der Waals surface area contributed by atoms with Crippen molar-refractivity contribution in [1.29, 1.82) is 0 Å². The highest BCUT2D eigenvalue weighted by molar-refractivity contribution is 8.56. The van der Waals surface area contributed by atoms with E-state index in [4.69, 9.17) is 4.52 Å². The van der Waals surface area contributed by atoms with E-state index in [-0.39, 0.29) is 0 Å². The minimum Gasteiger partial charge on any atom is -0.321 e. The largest absolute Gasteiger partial charge is 0.321 e. The van der Waals surface area contributed by atoms with E-state index >= 15 is 0 Å². The van der Waals surface area contributed by atoms with E-state index in [1.165, 1.54) is 11.4 Å². The summed E-state index contributed by atoms with van der Waals surface area (Å²) in [7, 11) is 0. The summed E-state index contributed by atoms with van der Waals surface area (Å²) in [5, 5.41) is 0. The lowest BCUT2D eigenvalue weighted by Gasteiger charge is -2.15. The molecule has 4 heteroatoms. The first-order chi connectivity index (χ1) is 7.18. The average molecular weight is 250 g/mol. The van der Waals surface area contributed by atoms with Gasteiger partial charge in [0.1, 0.15) is 0 Å². The second-order valence-electron chi connectivity index (χ2n) is 3.46. The van der Waals surface area contributed by atoms with Crippen molar-refractivity contribution in [3.8, 4) is 0 Å². The lowest BCUT2D eigenvalue weighted by atomic mass is 10.4. The summed E-state index contributed by atoms with van der Waals surface area (Å²) in [5.41, 5.74) is 0. The first-order valence-corrected chi connectivity index (χ1v) is 9.07. The standard InChI is InChI=1S/C11H23O2PS/c1-4-7-9-13-14(12,10-6-3)15-11-8-5-2/h6H,3-5,7-11H2,1-2H3. The van der Waals surface area contributed by atoms with E-state index < -0.39 is 6.57 Å². The van der Waals surface area contributed by atoms with Crippen molar-refractivity contribution in [1.82, 2.24) is 0 Å². The van der Waals surface area contributed by atoms with Gasteiger partial charge in [-0.15, -0.1) is 6.58 Å². The van der Waals surface area contributed by atoms with Gasteiger partial charge in [0.15, 0.2) is 0 Å². The van der Waals surface area contributed by atoms with Gasteiger partial charge in [-0.05, 0) is 12.8 Å². The van der Waals surface area contributed by atoms with Crippen LogP contribution in [0, 0.1) is 0 Å². The van der Waals surface area contributed by atoms with Gasteiger partial charge in [-0.25, -0.2) is 0 Å². The highest BCUT2D eigenvalue weighted by Crippen LogP contribution is 2.59. The van der Waals surface area contributed by atoms with Crippen molar-refractivity contribution in [2.24, 2.45) is 0 Å². The van der Waals surface area contributed by atoms with Crippen LogP contribution in [-0.2, 0) is 9.09 Å². The van der Waals surface area contributed by atoms with Crippen molar-refractivity contribution in [2.45, 2.75) is 39.5 Å². The van der Waals surface area contributed by atoms with Gasteiger partial charge in [0.25, 0.3) is 6.57 Å². The van der Waals surface area contributed by atoms with Gasteiger partial charge < -0.3 is 4.52 Å². The van der Waals surface area contributed by atoms with E-state index in [1.807, 2.05) is 0 Å². The zero-order valence-corrected chi connectivity index (χ0v) is 11.6. The SMILES string of the molecule is C=CCP(=O)(OCCCC)SCCCC. The molecule has 0 spiro atoms. The predicted octanol–water partition coefficient (Wildman–Crippen LogP) is 4.72. The zero-order valence-electron chi connectivity index (χ0n) is 9.91. The summed E-state index contributed by atoms with van der Waals surface area (Å²) in [5.74, 6) is 0.924. The molecule has 0 rings (SSSR count). The lowest BCUT2D eigenvalue weighted by molar-refractivity contribution is 0.318. The Morgan fingerprint density at radius 3 is 2.53 bits per heavy atom. The molecule has 0 aromatic rings. The summed E-state index contributed by atoms with van der Waals surface area (Å²) in [6.07, 6.45) is 6.49. The van der Waals surface area contributed by atoms with Crippen LogP contribution < -0.4 is 0 Å². The van der Waals surface area contributed by atoms with Crippen molar-refractivity contribution >= 4 is 18.0 Å². The second kappa shape index (κ2) is 9.50. The molecule has 90 valence electrons. The van der Waals surface area contributed by atoms with Crippen molar-refractivity contribution in [2.75, 3.05) is 18.5 Å². The molecule has 0 amide bonds. The van der Waals surface area contributed by atoms with Gasteiger partial charge in [-0.3, -0.25) is 4.57 Å². The third-order valence-electron chi connectivity index (χ3n) is 1.92. The van der Waals surface area contributed by atoms with E-state index in [2.05, 4.69) is 20.4 Å². The van der Waals surface area contributed by atoms with Crippen LogP contribution in [0.25, 0.3) is 0 Å². The molecule has 0 aliphatic rings. The molecule has 15 heavy (non-hydrogen) atoms. The van der Waals surface area contributed by atoms with E-state index in [9.17, 15) is 4.57 Å². The zero-order chi connectivity index (χ0) is 11.6. The molecule has 1 unspecified atom stereocenters. The van der Waals surface area contributed by atoms with Gasteiger partial charge in [-0.1, -0.05) is 44.1 Å². The fraction of sp³-hybridized carbons (Fsp3) is 0.818. The van der Waals surface area contributed by atoms with Gasteiger partial charge in [0.05, 0.1) is 12.8 Å². The first kappa shape index (κ1) is 15.3. The number of rotatable bonds is 10. The number of hydrogen-bond donors (Lipinski definition) is 0. The minimum atomic E-state index is -2.48. The van der Waals surface area contributed by atoms with Crippen LogP contribution >= 0.6 is 18.0 Å². The maximum Gasteiger partial charge on any atom is 0.261 e. The van der Waals surface area contributed by atoms with Gasteiger partial charge >= 0.3 is 0 Å². The van der Waals surface area contributed by atoms with Crippen LogP contribution in [0.15, 0.2) is 12.7 Å². The fourth-order valence-electron chi connectivity index (χ4n) is 0.997. The lowest BCUT2D eigenvalue weighted by Crippen LogP contribution is -1.94. The van der Waals surface area contributed by atoms with Crippen LogP contribution in [0.1, 0.15) is 39.5 Å². The molecule has 0 aliphatic carbocycles. The summed E-state index contributed by atoms with van der Waals surface area (Å²) in [4.78, 5) is 0. The monoisotopic (exact) mass is 250 g/mol. The van der Waals surface area contributed by atoms with E-state index in [0.717, 1.165) is 31.4 Å². The van der Waals surface area contributed by atoms with Gasteiger partial charge in [0, 0.05) is 5.75 Å². The maximum absolute atomic E-state index is 12.2. The minimum absolute atomic E-state index is 0.491. The molecule has 0 N–H and O–H groups in total. The highest BCUT2D eigenvalue weighted by Gasteiger charge is 2.21. The summed E-state index contributed by atoms with van der Waals surface area (Å²) in [6.45, 7) is 6.01. The van der Waals surface area contributed by atoms with Crippen molar-refractivity contribution in [3.63, 3.8) is 0 Å². The Labute approximate surface area is 98.1 Å². The summed E-state index contributed by atoms with van der Waals surface area (Å²) < 4.78 is 17.7. The Balaban J connectivity index is 3.94. The third-order valence-corrected chi connectivity index (χ3v) is 6.56. The first-order valence-electron chi connectivity index (χ1n) is 5.67. The Kier molecular flexibility index (Phi) is 9.68. The quantitative estimate of drug-likeness (QED) is 0.319. The third kappa shape index (κ3) is 8.12. The smallest absolute Gasteiger partial charge is 0.261 e. The van der Waals surface area contributed by atoms with E-state index in [0.29, 0.717) is 12.8 Å². The van der Waals surface area contributed by atoms with Crippen LogP contribution in [0.3, 0.4) is 0 Å². The van der Waals surface area contributed by atoms with Crippen LogP contribution in [0.2, 0.25) is 0 Å². The molecule has 0 bridgehead atoms. The number of allylic oxidation sites excluding steroid dienone is 1. The topological polar surface area (TPSA) is 26.3 Å². The van der Waals surface area contributed by atoms with Gasteiger partial charge in [-0.2, -0.15) is 0 Å². The molecular formula is C11H23O2PS. The summed E-state index contributed by atoms with van der Waals surface area (Å²) >= 11 is 1.49. The fourth-order valence-corrected chi connectivity index (χ4v) is 5.00. The highest BCUT2D eigenvalue weighted by atomic mass is 32.7. The Morgan fingerprint density at radius 2 is 2.00 bits per heavy atom. The number of unbranched alkanes of at least 4 members (excludes halogenated alkanes) is 2. The molecule has 1 atom stereocenters. The van der Waals surface area contributed by atoms with Gasteiger partial charge in [0.2, 0.25) is 0 Å². The molecular weight excluding hydrogens is 227 g/mol. The molecule has 2 nitrogen and oxygen atoms in total. The molecule has 0 aliphatic heterocycles. The molecule has 0 saturated heterocycles. The molecule has 0 radical (unpaired) electrons. The van der Waals surface area contributed by atoms with Crippen LogP contribution in [0.5, 0.6) is 0 Å².